The molecule has 0 saturated heterocycles. The molecule has 0 saturated carbocycles. The van der Waals surface area contributed by atoms with E-state index in [9.17, 15) is 4.79 Å². The molecule has 3 rings (SSSR count). The minimum atomic E-state index is -0.953. The maximum absolute atomic E-state index is 11.0. The van der Waals surface area contributed by atoms with Crippen LogP contribution < -0.4 is 5.32 Å². The summed E-state index contributed by atoms with van der Waals surface area (Å²) in [6, 6.07) is 10.4. The monoisotopic (exact) mass is 359 g/mol. The van der Waals surface area contributed by atoms with Crippen LogP contribution in [0.1, 0.15) is 16.1 Å². The number of aromatic carboxylic acids is 1. The number of nitrogens with zero attached hydrogens (tertiary/aromatic N) is 4. The maximum atomic E-state index is 11.0. The number of hydrogen-bond acceptors (Lipinski definition) is 7. The van der Waals surface area contributed by atoms with Crippen LogP contribution in [0.25, 0.3) is 11.3 Å². The molecule has 3 aromatic rings. The molecule has 0 aliphatic heterocycles. The van der Waals surface area contributed by atoms with Crippen molar-refractivity contribution in [3.8, 4) is 11.3 Å². The van der Waals surface area contributed by atoms with Crippen LogP contribution in [0.3, 0.4) is 0 Å². The Bertz CT molecular complexity index is 861. The van der Waals surface area contributed by atoms with Gasteiger partial charge in [0.15, 0.2) is 0 Å². The minimum absolute atomic E-state index is 0.240. The number of hydrogen-bond donors (Lipinski definition) is 2. The Morgan fingerprint density at radius 3 is 3.00 bits per heavy atom. The lowest BCUT2D eigenvalue weighted by atomic mass is 10.1. The number of furan rings is 1. The van der Waals surface area contributed by atoms with Crippen molar-refractivity contribution < 1.29 is 14.3 Å². The highest BCUT2D eigenvalue weighted by Gasteiger charge is 2.08. The first-order chi connectivity index (χ1) is 12.1. The Labute approximate surface area is 148 Å². The molecular formula is C16H17N5O3S. The molecule has 0 amide bonds. The van der Waals surface area contributed by atoms with E-state index in [-0.39, 0.29) is 5.56 Å². The van der Waals surface area contributed by atoms with Crippen molar-refractivity contribution in [1.82, 2.24) is 25.5 Å². The highest BCUT2D eigenvalue weighted by molar-refractivity contribution is 7.99. The molecule has 0 fully saturated rings. The molecule has 2 N–H and O–H groups in total. The first-order valence-electron chi connectivity index (χ1n) is 7.62. The van der Waals surface area contributed by atoms with Gasteiger partial charge in [0, 0.05) is 24.9 Å². The van der Waals surface area contributed by atoms with Crippen molar-refractivity contribution >= 4 is 17.7 Å². The van der Waals surface area contributed by atoms with Gasteiger partial charge in [0.05, 0.1) is 12.1 Å². The lowest BCUT2D eigenvalue weighted by Gasteiger charge is -2.02. The molecule has 0 unspecified atom stereocenters. The van der Waals surface area contributed by atoms with Crippen LogP contribution in [0.2, 0.25) is 0 Å². The molecule has 2 heterocycles. The normalized spacial score (nSPS) is 10.9. The fourth-order valence-electron chi connectivity index (χ4n) is 2.20. The molecule has 9 heteroatoms. The summed E-state index contributed by atoms with van der Waals surface area (Å²) in [6.07, 6.45) is 0. The number of nitrogens with one attached hydrogen (secondary N) is 1. The van der Waals surface area contributed by atoms with Crippen molar-refractivity contribution in [3.63, 3.8) is 0 Å². The van der Waals surface area contributed by atoms with Gasteiger partial charge in [-0.1, -0.05) is 23.9 Å². The Kier molecular flexibility index (Phi) is 5.46. The first kappa shape index (κ1) is 17.2. The van der Waals surface area contributed by atoms with E-state index in [2.05, 4.69) is 20.8 Å². The van der Waals surface area contributed by atoms with Gasteiger partial charge in [-0.3, -0.25) is 0 Å². The standard InChI is InChI=1S/C16H17N5O3S/c1-21-16(18-19-20-21)25-8-7-17-10-13-5-6-14(24-13)11-3-2-4-12(9-11)15(22)23/h2-6,9,17H,7-8,10H2,1H3,(H,22,23). The molecule has 0 atom stereocenters. The van der Waals surface area contributed by atoms with Crippen LogP contribution in [0, 0.1) is 0 Å². The van der Waals surface area contributed by atoms with Gasteiger partial charge in [-0.15, -0.1) is 5.10 Å². The van der Waals surface area contributed by atoms with Gasteiger partial charge in [-0.05, 0) is 34.7 Å². The smallest absolute Gasteiger partial charge is 0.335 e. The lowest BCUT2D eigenvalue weighted by molar-refractivity contribution is 0.0697. The van der Waals surface area contributed by atoms with E-state index in [1.54, 1.807) is 41.7 Å². The highest BCUT2D eigenvalue weighted by Crippen LogP contribution is 2.23. The summed E-state index contributed by atoms with van der Waals surface area (Å²) < 4.78 is 7.41. The Balaban J connectivity index is 1.49. The number of aryl methyl sites for hydroxylation is 1. The Morgan fingerprint density at radius 1 is 1.36 bits per heavy atom. The van der Waals surface area contributed by atoms with Gasteiger partial charge in [-0.25, -0.2) is 9.48 Å². The largest absolute Gasteiger partial charge is 0.478 e. The minimum Gasteiger partial charge on any atom is -0.478 e. The van der Waals surface area contributed by atoms with Gasteiger partial charge in [0.1, 0.15) is 11.5 Å². The third kappa shape index (κ3) is 4.46. The van der Waals surface area contributed by atoms with E-state index in [1.807, 2.05) is 18.2 Å². The molecule has 130 valence electrons. The van der Waals surface area contributed by atoms with E-state index < -0.39 is 5.97 Å². The number of tetrazole rings is 1. The number of carboxylic acid groups (broad SMARTS) is 1. The third-order valence-corrected chi connectivity index (χ3v) is 4.46. The number of benzene rings is 1. The third-order valence-electron chi connectivity index (χ3n) is 3.45. The molecule has 0 spiro atoms. The van der Waals surface area contributed by atoms with Crippen molar-refractivity contribution in [2.24, 2.45) is 7.05 Å². The van der Waals surface area contributed by atoms with Crippen LogP contribution in [-0.4, -0.2) is 43.6 Å². The van der Waals surface area contributed by atoms with Gasteiger partial charge in [-0.2, -0.15) is 0 Å². The maximum Gasteiger partial charge on any atom is 0.335 e. The summed E-state index contributed by atoms with van der Waals surface area (Å²) >= 11 is 1.57. The van der Waals surface area contributed by atoms with Gasteiger partial charge in [0.25, 0.3) is 0 Å². The second-order valence-electron chi connectivity index (χ2n) is 5.26. The van der Waals surface area contributed by atoms with Gasteiger partial charge in [0.2, 0.25) is 5.16 Å². The lowest BCUT2D eigenvalue weighted by Crippen LogP contribution is -2.16. The molecule has 8 nitrogen and oxygen atoms in total. The van der Waals surface area contributed by atoms with Crippen LogP contribution in [0.5, 0.6) is 0 Å². The summed E-state index contributed by atoms with van der Waals surface area (Å²) in [6.45, 7) is 1.37. The zero-order valence-electron chi connectivity index (χ0n) is 13.5. The molecule has 1 aromatic carbocycles. The zero-order valence-corrected chi connectivity index (χ0v) is 14.4. The van der Waals surface area contributed by atoms with E-state index in [4.69, 9.17) is 9.52 Å². The fourth-order valence-corrected chi connectivity index (χ4v) is 2.95. The molecular weight excluding hydrogens is 342 g/mol. The van der Waals surface area contributed by atoms with Gasteiger partial charge < -0.3 is 14.8 Å². The van der Waals surface area contributed by atoms with Crippen molar-refractivity contribution in [2.75, 3.05) is 12.3 Å². The summed E-state index contributed by atoms with van der Waals surface area (Å²) in [5.74, 6) is 1.33. The molecule has 0 aliphatic rings. The molecule has 0 bridgehead atoms. The number of thioether (sulfide) groups is 1. The number of aromatic nitrogens is 4. The number of carboxylic acids is 1. The highest BCUT2D eigenvalue weighted by atomic mass is 32.2. The van der Waals surface area contributed by atoms with E-state index in [0.717, 1.165) is 28.8 Å². The van der Waals surface area contributed by atoms with E-state index >= 15 is 0 Å². The molecule has 25 heavy (non-hydrogen) atoms. The second kappa shape index (κ2) is 7.95. The number of carbonyl (C=O) groups is 1. The van der Waals surface area contributed by atoms with Crippen molar-refractivity contribution in [2.45, 2.75) is 11.7 Å². The average Bonchev–Trinajstić information content (AvgIpc) is 3.24. The first-order valence-corrected chi connectivity index (χ1v) is 8.60. The quantitative estimate of drug-likeness (QED) is 0.465. The van der Waals surface area contributed by atoms with Crippen LogP contribution in [0.4, 0.5) is 0 Å². The van der Waals surface area contributed by atoms with Crippen molar-refractivity contribution in [1.29, 1.82) is 0 Å². The molecule has 0 aliphatic carbocycles. The fraction of sp³-hybridized carbons (Fsp3) is 0.250. The summed E-state index contributed by atoms with van der Waals surface area (Å²) in [5.41, 5.74) is 0.986. The topological polar surface area (TPSA) is 106 Å². The predicted octanol–water partition coefficient (Wildman–Crippen LogP) is 2.05. The van der Waals surface area contributed by atoms with Gasteiger partial charge >= 0.3 is 5.97 Å². The number of rotatable bonds is 8. The van der Waals surface area contributed by atoms with Crippen molar-refractivity contribution in [3.05, 3.63) is 47.7 Å². The van der Waals surface area contributed by atoms with E-state index in [1.165, 1.54) is 0 Å². The zero-order chi connectivity index (χ0) is 17.6. The van der Waals surface area contributed by atoms with E-state index in [0.29, 0.717) is 12.3 Å². The van der Waals surface area contributed by atoms with Crippen LogP contribution >= 0.6 is 11.8 Å². The second-order valence-corrected chi connectivity index (χ2v) is 6.32. The Morgan fingerprint density at radius 2 is 2.24 bits per heavy atom. The molecule has 0 radical (unpaired) electrons. The summed E-state index contributed by atoms with van der Waals surface area (Å²) in [7, 11) is 1.81. The summed E-state index contributed by atoms with van der Waals surface area (Å²) in [5, 5.41) is 24.4. The summed E-state index contributed by atoms with van der Waals surface area (Å²) in [4.78, 5) is 11.0. The van der Waals surface area contributed by atoms with Crippen LogP contribution in [-0.2, 0) is 13.6 Å². The average molecular weight is 359 g/mol. The molecule has 2 aromatic heterocycles. The predicted molar refractivity (Wildman–Crippen MR) is 92.3 cm³/mol. The SMILES string of the molecule is Cn1nnnc1SCCNCc1ccc(-c2cccc(C(=O)O)c2)o1. The Hall–Kier alpha value is -2.65. The van der Waals surface area contributed by atoms with Crippen LogP contribution in [0.15, 0.2) is 46.0 Å².